The minimum absolute atomic E-state index is 0.00198. The molecule has 0 radical (unpaired) electrons. The van der Waals surface area contributed by atoms with E-state index in [1.54, 1.807) is 13.0 Å². The second-order valence-corrected chi connectivity index (χ2v) is 4.48. The van der Waals surface area contributed by atoms with E-state index in [0.29, 0.717) is 5.56 Å². The van der Waals surface area contributed by atoms with Crippen LogP contribution in [0.2, 0.25) is 5.02 Å². The van der Waals surface area contributed by atoms with Crippen molar-refractivity contribution >= 4 is 17.6 Å². The van der Waals surface area contributed by atoms with Crippen LogP contribution in [-0.4, -0.2) is 16.2 Å². The molecule has 0 saturated carbocycles. The normalized spacial score (nSPS) is 12.5. The van der Waals surface area contributed by atoms with Crippen molar-refractivity contribution < 1.29 is 15.0 Å². The summed E-state index contributed by atoms with van der Waals surface area (Å²) in [6.07, 6.45) is 0.286. The van der Waals surface area contributed by atoms with Crippen LogP contribution in [-0.2, 0) is 11.2 Å². The molecule has 1 atom stereocenters. The van der Waals surface area contributed by atoms with Crippen LogP contribution in [0.15, 0.2) is 6.07 Å². The Morgan fingerprint density at radius 1 is 1.50 bits per heavy atom. The number of halogens is 1. The lowest BCUT2D eigenvalue weighted by atomic mass is 9.94. The van der Waals surface area contributed by atoms with Crippen molar-refractivity contribution in [2.75, 3.05) is 0 Å². The summed E-state index contributed by atoms with van der Waals surface area (Å²) in [5, 5.41) is 18.9. The molecule has 2 N–H and O–H groups in total. The summed E-state index contributed by atoms with van der Waals surface area (Å²) in [4.78, 5) is 10.8. The van der Waals surface area contributed by atoms with Crippen LogP contribution < -0.4 is 0 Å². The Morgan fingerprint density at radius 3 is 2.56 bits per heavy atom. The van der Waals surface area contributed by atoms with E-state index in [2.05, 4.69) is 0 Å². The summed E-state index contributed by atoms with van der Waals surface area (Å²) in [7, 11) is 0. The van der Waals surface area contributed by atoms with Crippen LogP contribution >= 0.6 is 11.6 Å². The number of hydrogen-bond acceptors (Lipinski definition) is 2. The lowest BCUT2D eigenvalue weighted by Gasteiger charge is -2.14. The fourth-order valence-electron chi connectivity index (χ4n) is 1.57. The fourth-order valence-corrected chi connectivity index (χ4v) is 1.85. The molecule has 1 rings (SSSR count). The summed E-state index contributed by atoms with van der Waals surface area (Å²) >= 11 is 5.86. The molecule has 3 nitrogen and oxygen atoms in total. The average Bonchev–Trinajstić information content (AvgIpc) is 2.21. The van der Waals surface area contributed by atoms with Crippen LogP contribution in [0.5, 0.6) is 5.75 Å². The van der Waals surface area contributed by atoms with Crippen molar-refractivity contribution in [3.63, 3.8) is 0 Å². The van der Waals surface area contributed by atoms with Crippen molar-refractivity contribution in [2.24, 2.45) is 5.92 Å². The topological polar surface area (TPSA) is 57.5 Å². The molecule has 0 bridgehead atoms. The van der Waals surface area contributed by atoms with Gasteiger partial charge in [-0.25, -0.2) is 0 Å². The molecular formula is C12H15ClO3. The fraction of sp³-hybridized carbons (Fsp3) is 0.417. The smallest absolute Gasteiger partial charge is 0.306 e. The van der Waals surface area contributed by atoms with Crippen LogP contribution in [0.25, 0.3) is 0 Å². The van der Waals surface area contributed by atoms with Gasteiger partial charge in [0.2, 0.25) is 0 Å². The summed E-state index contributed by atoms with van der Waals surface area (Å²) in [6.45, 7) is 5.35. The van der Waals surface area contributed by atoms with Crippen LogP contribution in [0.4, 0.5) is 0 Å². The molecule has 16 heavy (non-hydrogen) atoms. The molecule has 0 spiro atoms. The van der Waals surface area contributed by atoms with Gasteiger partial charge in [0.25, 0.3) is 0 Å². The summed E-state index contributed by atoms with van der Waals surface area (Å²) in [5.41, 5.74) is 2.48. The second kappa shape index (κ2) is 4.74. The number of phenolic OH excluding ortho intramolecular Hbond substituents is 1. The quantitative estimate of drug-likeness (QED) is 0.857. The molecular weight excluding hydrogens is 228 g/mol. The van der Waals surface area contributed by atoms with E-state index in [0.717, 1.165) is 11.1 Å². The molecule has 0 aromatic heterocycles. The Bertz CT molecular complexity index is 401. The maximum Gasteiger partial charge on any atom is 0.306 e. The summed E-state index contributed by atoms with van der Waals surface area (Å²) < 4.78 is 0. The third-order valence-corrected chi connectivity index (χ3v) is 3.12. The van der Waals surface area contributed by atoms with Crippen LogP contribution in [0.3, 0.4) is 0 Å². The second-order valence-electron chi connectivity index (χ2n) is 4.07. The zero-order chi connectivity index (χ0) is 12.5. The van der Waals surface area contributed by atoms with E-state index >= 15 is 0 Å². The lowest BCUT2D eigenvalue weighted by Crippen LogP contribution is -2.13. The molecule has 0 saturated heterocycles. The summed E-state index contributed by atoms with van der Waals surface area (Å²) in [5.74, 6) is -1.42. The van der Waals surface area contributed by atoms with E-state index in [1.165, 1.54) is 0 Å². The highest BCUT2D eigenvalue weighted by atomic mass is 35.5. The Morgan fingerprint density at radius 2 is 2.06 bits per heavy atom. The molecule has 0 aliphatic heterocycles. The van der Waals surface area contributed by atoms with Gasteiger partial charge in [-0.15, -0.1) is 0 Å². The molecule has 4 heteroatoms. The Kier molecular flexibility index (Phi) is 3.81. The van der Waals surface area contributed by atoms with E-state index < -0.39 is 11.9 Å². The largest absolute Gasteiger partial charge is 0.506 e. The molecule has 0 aliphatic rings. The van der Waals surface area contributed by atoms with E-state index in [9.17, 15) is 9.90 Å². The molecule has 0 aliphatic carbocycles. The van der Waals surface area contributed by atoms with E-state index in [4.69, 9.17) is 16.7 Å². The molecule has 1 aromatic rings. The first-order valence-corrected chi connectivity index (χ1v) is 5.42. The first-order chi connectivity index (χ1) is 7.34. The molecule has 88 valence electrons. The van der Waals surface area contributed by atoms with Gasteiger partial charge < -0.3 is 10.2 Å². The number of carbonyl (C=O) groups is 1. The van der Waals surface area contributed by atoms with Crippen molar-refractivity contribution in [1.29, 1.82) is 0 Å². The van der Waals surface area contributed by atoms with Crippen molar-refractivity contribution in [3.05, 3.63) is 27.8 Å². The number of aliphatic carboxylic acids is 1. The third-order valence-electron chi connectivity index (χ3n) is 2.83. The van der Waals surface area contributed by atoms with Gasteiger partial charge in [-0.05, 0) is 43.0 Å². The zero-order valence-electron chi connectivity index (χ0n) is 9.54. The van der Waals surface area contributed by atoms with E-state index in [-0.39, 0.29) is 17.2 Å². The van der Waals surface area contributed by atoms with Gasteiger partial charge in [0, 0.05) is 0 Å². The average molecular weight is 243 g/mol. The Hall–Kier alpha value is -1.22. The standard InChI is InChI=1S/C12H15ClO3/c1-6-5-10(13)11(14)9(8(6)3)4-7(2)12(15)16/h5,7,14H,4H2,1-3H3,(H,15,16). The number of carboxylic acids is 1. The molecule has 0 amide bonds. The number of aryl methyl sites for hydroxylation is 1. The van der Waals surface area contributed by atoms with E-state index in [1.807, 2.05) is 13.8 Å². The maximum atomic E-state index is 10.8. The minimum atomic E-state index is -0.878. The summed E-state index contributed by atoms with van der Waals surface area (Å²) in [6, 6.07) is 1.68. The number of phenols is 1. The minimum Gasteiger partial charge on any atom is -0.506 e. The predicted molar refractivity (Wildman–Crippen MR) is 63.1 cm³/mol. The number of aromatic hydroxyl groups is 1. The molecule has 1 aromatic carbocycles. The predicted octanol–water partition coefficient (Wildman–Crippen LogP) is 2.93. The highest BCUT2D eigenvalue weighted by Crippen LogP contribution is 2.33. The van der Waals surface area contributed by atoms with Gasteiger partial charge in [-0.3, -0.25) is 4.79 Å². The molecule has 1 unspecified atom stereocenters. The van der Waals surface area contributed by atoms with Gasteiger partial charge in [0.15, 0.2) is 0 Å². The lowest BCUT2D eigenvalue weighted by molar-refractivity contribution is -0.141. The van der Waals surface area contributed by atoms with Crippen LogP contribution in [0.1, 0.15) is 23.6 Å². The highest BCUT2D eigenvalue weighted by Gasteiger charge is 2.18. The van der Waals surface area contributed by atoms with Gasteiger partial charge in [0.1, 0.15) is 5.75 Å². The van der Waals surface area contributed by atoms with Crippen molar-refractivity contribution in [3.8, 4) is 5.75 Å². The number of hydrogen-bond donors (Lipinski definition) is 2. The van der Waals surface area contributed by atoms with Gasteiger partial charge in [-0.1, -0.05) is 18.5 Å². The first kappa shape index (κ1) is 12.8. The SMILES string of the molecule is Cc1cc(Cl)c(O)c(CC(C)C(=O)O)c1C. The van der Waals surface area contributed by atoms with Gasteiger partial charge in [-0.2, -0.15) is 0 Å². The van der Waals surface area contributed by atoms with Gasteiger partial charge >= 0.3 is 5.97 Å². The first-order valence-electron chi connectivity index (χ1n) is 5.05. The third kappa shape index (κ3) is 2.47. The Labute approximate surface area is 99.7 Å². The number of benzene rings is 1. The maximum absolute atomic E-state index is 10.8. The zero-order valence-corrected chi connectivity index (χ0v) is 10.3. The van der Waals surface area contributed by atoms with Crippen molar-refractivity contribution in [2.45, 2.75) is 27.2 Å². The Balaban J connectivity index is 3.17. The molecule has 0 heterocycles. The monoisotopic (exact) mass is 242 g/mol. The number of rotatable bonds is 3. The van der Waals surface area contributed by atoms with Crippen molar-refractivity contribution in [1.82, 2.24) is 0 Å². The highest BCUT2D eigenvalue weighted by molar-refractivity contribution is 6.32. The van der Waals surface area contributed by atoms with Gasteiger partial charge in [0.05, 0.1) is 10.9 Å². The molecule has 0 fully saturated rings. The van der Waals surface area contributed by atoms with Crippen LogP contribution in [0, 0.1) is 19.8 Å². The number of carboxylic acid groups (broad SMARTS) is 1.